The van der Waals surface area contributed by atoms with Crippen LogP contribution in [-0.2, 0) is 26.5 Å². The SMILES string of the molecule is NS(=O)(=O)c1ccc(CCNS(=O)(=O)C(F)(F)C(F)(F)C(F)(F)C(F)(F)C(F)(F)C(F)(F)C(F)(F)C(F)(F)F)cc1. The average molecular weight is 682 g/mol. The van der Waals surface area contributed by atoms with E-state index in [0.717, 1.165) is 24.3 Å². The summed E-state index contributed by atoms with van der Waals surface area (Å²) in [7, 11) is -11.7. The lowest BCUT2D eigenvalue weighted by Crippen LogP contribution is -2.75. The van der Waals surface area contributed by atoms with E-state index in [2.05, 4.69) is 0 Å². The molecule has 0 saturated carbocycles. The van der Waals surface area contributed by atoms with E-state index in [9.17, 15) is 91.5 Å². The maximum absolute atomic E-state index is 14.0. The van der Waals surface area contributed by atoms with E-state index in [1.807, 2.05) is 0 Å². The van der Waals surface area contributed by atoms with Crippen molar-refractivity contribution in [2.75, 3.05) is 6.54 Å². The minimum absolute atomic E-state index is 0.223. The van der Waals surface area contributed by atoms with E-state index in [-0.39, 0.29) is 5.56 Å². The van der Waals surface area contributed by atoms with Gasteiger partial charge in [-0.05, 0) is 24.1 Å². The van der Waals surface area contributed by atoms with Crippen molar-refractivity contribution in [3.63, 3.8) is 0 Å². The predicted octanol–water partition coefficient (Wildman–Crippen LogP) is 4.76. The minimum Gasteiger partial charge on any atom is -0.225 e. The van der Waals surface area contributed by atoms with Crippen LogP contribution in [0, 0.1) is 0 Å². The summed E-state index contributed by atoms with van der Waals surface area (Å²) in [5.74, 6) is -52.0. The molecule has 1 aromatic carbocycles. The summed E-state index contributed by atoms with van der Waals surface area (Å²) >= 11 is 0. The van der Waals surface area contributed by atoms with Gasteiger partial charge in [0.05, 0.1) is 4.90 Å². The molecule has 6 nitrogen and oxygen atoms in total. The fourth-order valence-corrected chi connectivity index (χ4v) is 4.12. The standard InChI is InChI=1S/C16H11F17N2O4S2/c17-9(18,11(21,22)13(25,26)15(29,30)31)10(19,20)12(23,24)14(27,28)16(32,33)41(38,39)35-6-5-7-1-3-8(4-2-7)40(34,36)37/h1-4,35H,5-6H2,(H2,34,36,37). The van der Waals surface area contributed by atoms with Crippen LogP contribution in [0.3, 0.4) is 0 Å². The van der Waals surface area contributed by atoms with Crippen LogP contribution in [0.1, 0.15) is 5.56 Å². The molecule has 1 aromatic rings. The van der Waals surface area contributed by atoms with Crippen molar-refractivity contribution in [2.45, 2.75) is 58.3 Å². The van der Waals surface area contributed by atoms with Crippen LogP contribution >= 0.6 is 0 Å². The molecule has 0 aliphatic carbocycles. The Bertz CT molecular complexity index is 1320. The third kappa shape index (κ3) is 5.64. The highest BCUT2D eigenvalue weighted by Crippen LogP contribution is 2.64. The molecule has 0 radical (unpaired) electrons. The molecule has 1 rings (SSSR count). The molecule has 0 unspecified atom stereocenters. The topological polar surface area (TPSA) is 106 Å². The highest BCUT2D eigenvalue weighted by molar-refractivity contribution is 7.90. The lowest BCUT2D eigenvalue weighted by atomic mass is 9.91. The molecule has 0 atom stereocenters. The molecule has 0 aromatic heterocycles. The minimum atomic E-state index is -8.91. The van der Waals surface area contributed by atoms with Crippen LogP contribution in [0.4, 0.5) is 74.6 Å². The van der Waals surface area contributed by atoms with E-state index in [4.69, 9.17) is 5.14 Å². The predicted molar refractivity (Wildman–Crippen MR) is 99.1 cm³/mol. The van der Waals surface area contributed by atoms with E-state index >= 15 is 0 Å². The zero-order chi connectivity index (χ0) is 33.1. The van der Waals surface area contributed by atoms with Crippen LogP contribution in [0.2, 0.25) is 0 Å². The lowest BCUT2D eigenvalue weighted by Gasteiger charge is -2.42. The summed E-state index contributed by atoms with van der Waals surface area (Å²) in [6.07, 6.45) is -8.81. The number of nitrogens with two attached hydrogens (primary N) is 1. The van der Waals surface area contributed by atoms with Crippen molar-refractivity contribution in [1.82, 2.24) is 4.72 Å². The van der Waals surface area contributed by atoms with Gasteiger partial charge in [-0.15, -0.1) is 0 Å². The van der Waals surface area contributed by atoms with Gasteiger partial charge in [0.15, 0.2) is 0 Å². The summed E-state index contributed by atoms with van der Waals surface area (Å²) in [5, 5.41) is -2.92. The second-order valence-electron chi connectivity index (χ2n) is 7.80. The average Bonchev–Trinajstić information content (AvgIpc) is 2.77. The molecule has 0 heterocycles. The quantitative estimate of drug-likeness (QED) is 0.310. The third-order valence-electron chi connectivity index (χ3n) is 4.99. The first-order valence-corrected chi connectivity index (χ1v) is 12.5. The van der Waals surface area contributed by atoms with Crippen LogP contribution in [0.25, 0.3) is 0 Å². The molecule has 0 aliphatic heterocycles. The first-order chi connectivity index (χ1) is 17.7. The maximum Gasteiger partial charge on any atom is 0.460 e. The fraction of sp³-hybridized carbons (Fsp3) is 0.625. The zero-order valence-electron chi connectivity index (χ0n) is 18.7. The molecule has 0 spiro atoms. The summed E-state index contributed by atoms with van der Waals surface area (Å²) in [5.41, 5.74) is -0.223. The van der Waals surface area contributed by atoms with Gasteiger partial charge in [-0.2, -0.15) is 74.6 Å². The number of hydrogen-bond acceptors (Lipinski definition) is 4. The molecular formula is C16H11F17N2O4S2. The van der Waals surface area contributed by atoms with Crippen LogP contribution in [0.15, 0.2) is 29.2 Å². The van der Waals surface area contributed by atoms with Gasteiger partial charge in [-0.3, -0.25) is 0 Å². The summed E-state index contributed by atoms with van der Waals surface area (Å²) < 4.78 is 271. The number of alkyl halides is 17. The molecule has 0 amide bonds. The Morgan fingerprint density at radius 2 is 0.902 bits per heavy atom. The van der Waals surface area contributed by atoms with E-state index in [0.29, 0.717) is 4.72 Å². The molecular weight excluding hydrogens is 671 g/mol. The number of nitrogens with one attached hydrogen (secondary N) is 1. The van der Waals surface area contributed by atoms with Gasteiger partial charge in [0.1, 0.15) is 0 Å². The van der Waals surface area contributed by atoms with Crippen LogP contribution in [-0.4, -0.2) is 70.3 Å². The van der Waals surface area contributed by atoms with Gasteiger partial charge in [0, 0.05) is 6.54 Å². The first-order valence-electron chi connectivity index (χ1n) is 9.51. The third-order valence-corrected chi connectivity index (χ3v) is 7.43. The Labute approximate surface area is 216 Å². The van der Waals surface area contributed by atoms with Crippen molar-refractivity contribution in [1.29, 1.82) is 0 Å². The Kier molecular flexibility index (Phi) is 9.21. The molecule has 0 bridgehead atoms. The van der Waals surface area contributed by atoms with E-state index in [1.54, 1.807) is 0 Å². The molecule has 0 aliphatic rings. The summed E-state index contributed by atoms with van der Waals surface area (Å²) in [4.78, 5) is -0.563. The van der Waals surface area contributed by atoms with Crippen LogP contribution < -0.4 is 9.86 Å². The molecule has 0 fully saturated rings. The number of benzene rings is 1. The van der Waals surface area contributed by atoms with Gasteiger partial charge >= 0.3 is 47.0 Å². The number of hydrogen-bond donors (Lipinski definition) is 2. The zero-order valence-corrected chi connectivity index (χ0v) is 20.3. The molecule has 240 valence electrons. The number of halogens is 17. The first kappa shape index (κ1) is 36.9. The lowest BCUT2D eigenvalue weighted by molar-refractivity contribution is -0.458. The monoisotopic (exact) mass is 682 g/mol. The summed E-state index contributed by atoms with van der Waals surface area (Å²) in [6, 6.07) is 3.11. The second kappa shape index (κ2) is 10.2. The highest BCUT2D eigenvalue weighted by Gasteiger charge is 2.96. The Morgan fingerprint density at radius 3 is 1.24 bits per heavy atom. The number of rotatable bonds is 12. The van der Waals surface area contributed by atoms with Gasteiger partial charge in [0.2, 0.25) is 10.0 Å². The second-order valence-corrected chi connectivity index (χ2v) is 11.2. The Hall–Kier alpha value is -2.15. The molecule has 0 saturated heterocycles. The largest absolute Gasteiger partial charge is 0.460 e. The normalized spacial score (nSPS) is 15.8. The van der Waals surface area contributed by atoms with Crippen molar-refractivity contribution in [3.8, 4) is 0 Å². The van der Waals surface area contributed by atoms with Crippen molar-refractivity contribution in [3.05, 3.63) is 29.8 Å². The smallest absolute Gasteiger partial charge is 0.225 e. The summed E-state index contributed by atoms with van der Waals surface area (Å²) in [6.45, 7) is -1.53. The van der Waals surface area contributed by atoms with E-state index < -0.39 is 84.9 Å². The Balaban J connectivity index is 3.41. The van der Waals surface area contributed by atoms with Crippen molar-refractivity contribution in [2.24, 2.45) is 5.14 Å². The number of primary sulfonamides is 1. The van der Waals surface area contributed by atoms with Gasteiger partial charge in [-0.1, -0.05) is 12.1 Å². The van der Waals surface area contributed by atoms with Crippen molar-refractivity contribution >= 4 is 20.0 Å². The van der Waals surface area contributed by atoms with Crippen molar-refractivity contribution < 1.29 is 91.5 Å². The van der Waals surface area contributed by atoms with Gasteiger partial charge in [-0.25, -0.2) is 26.7 Å². The number of sulfonamides is 2. The molecule has 3 N–H and O–H groups in total. The van der Waals surface area contributed by atoms with Gasteiger partial charge < -0.3 is 0 Å². The van der Waals surface area contributed by atoms with E-state index in [1.165, 1.54) is 0 Å². The van der Waals surface area contributed by atoms with Crippen LogP contribution in [0.5, 0.6) is 0 Å². The Morgan fingerprint density at radius 1 is 0.561 bits per heavy atom. The molecule has 41 heavy (non-hydrogen) atoms. The molecule has 25 heteroatoms. The highest BCUT2D eigenvalue weighted by atomic mass is 32.2. The maximum atomic E-state index is 14.0. The fourth-order valence-electron chi connectivity index (χ4n) is 2.58. The van der Waals surface area contributed by atoms with Gasteiger partial charge in [0.25, 0.3) is 10.0 Å².